The van der Waals surface area contributed by atoms with Crippen LogP contribution in [0.25, 0.3) is 11.2 Å². The van der Waals surface area contributed by atoms with E-state index in [1.54, 1.807) is 24.4 Å². The Balaban J connectivity index is 2.54. The van der Waals surface area contributed by atoms with Gasteiger partial charge in [-0.15, -0.1) is 11.8 Å². The molecule has 0 spiro atoms. The summed E-state index contributed by atoms with van der Waals surface area (Å²) < 4.78 is 1.90. The van der Waals surface area contributed by atoms with E-state index in [9.17, 15) is 0 Å². The Morgan fingerprint density at radius 1 is 1.29 bits per heavy atom. The van der Waals surface area contributed by atoms with Crippen LogP contribution in [-0.2, 0) is 7.05 Å². The Bertz CT molecular complexity index is 449. The highest BCUT2D eigenvalue weighted by atomic mass is 32.2. The molecule has 5 heteroatoms. The lowest BCUT2D eigenvalue weighted by Gasteiger charge is -2.03. The molecule has 0 aliphatic heterocycles. The highest BCUT2D eigenvalue weighted by Crippen LogP contribution is 2.25. The summed E-state index contributed by atoms with van der Waals surface area (Å²) in [6.07, 6.45) is 3.36. The van der Waals surface area contributed by atoms with Gasteiger partial charge in [-0.2, -0.15) is 0 Å². The first-order chi connectivity index (χ1) is 6.68. The summed E-state index contributed by atoms with van der Waals surface area (Å²) in [6.45, 7) is 4.28. The van der Waals surface area contributed by atoms with Gasteiger partial charge in [-0.3, -0.25) is 0 Å². The number of fused-ring (bicyclic) bond motifs is 1. The number of thioether (sulfide) groups is 1. The summed E-state index contributed by atoms with van der Waals surface area (Å²) in [6, 6.07) is 0. The van der Waals surface area contributed by atoms with Gasteiger partial charge in [0.25, 0.3) is 0 Å². The molecule has 0 N–H and O–H groups in total. The van der Waals surface area contributed by atoms with Crippen molar-refractivity contribution in [2.45, 2.75) is 24.1 Å². The van der Waals surface area contributed by atoms with Crippen molar-refractivity contribution in [1.82, 2.24) is 19.5 Å². The molecule has 4 nitrogen and oxygen atoms in total. The van der Waals surface area contributed by atoms with Gasteiger partial charge in [-0.05, 0) is 0 Å². The van der Waals surface area contributed by atoms with Crippen molar-refractivity contribution in [3.05, 3.63) is 12.7 Å². The first kappa shape index (κ1) is 9.45. The van der Waals surface area contributed by atoms with Gasteiger partial charge < -0.3 is 4.57 Å². The van der Waals surface area contributed by atoms with Crippen LogP contribution >= 0.6 is 11.8 Å². The predicted octanol–water partition coefficient (Wildman–Crippen LogP) is 1.86. The standard InChI is InChI=1S/C9H12N4S/c1-6(2)14-9-7-8(10-4-11-9)13(3)5-12-7/h4-6H,1-3H3. The second-order valence-corrected chi connectivity index (χ2v) is 4.94. The second-order valence-electron chi connectivity index (χ2n) is 3.37. The fraction of sp³-hybridized carbons (Fsp3) is 0.444. The lowest BCUT2D eigenvalue weighted by molar-refractivity contribution is 0.925. The monoisotopic (exact) mass is 208 g/mol. The molecule has 0 amide bonds. The number of rotatable bonds is 2. The summed E-state index contributed by atoms with van der Waals surface area (Å²) >= 11 is 1.71. The molecule has 2 aromatic heterocycles. The Morgan fingerprint density at radius 3 is 2.79 bits per heavy atom. The Kier molecular flexibility index (Phi) is 2.41. The average molecular weight is 208 g/mol. The van der Waals surface area contributed by atoms with Crippen molar-refractivity contribution in [1.29, 1.82) is 0 Å². The van der Waals surface area contributed by atoms with Crippen LogP contribution in [0.1, 0.15) is 13.8 Å². The van der Waals surface area contributed by atoms with Gasteiger partial charge in [0.2, 0.25) is 0 Å². The van der Waals surface area contributed by atoms with Gasteiger partial charge in [0.05, 0.1) is 6.33 Å². The molecule has 0 saturated carbocycles. The molecule has 2 aromatic rings. The van der Waals surface area contributed by atoms with Crippen molar-refractivity contribution in [3.8, 4) is 0 Å². The molecular formula is C9H12N4S. The summed E-state index contributed by atoms with van der Waals surface area (Å²) in [5.74, 6) is 0. The van der Waals surface area contributed by atoms with E-state index >= 15 is 0 Å². The van der Waals surface area contributed by atoms with E-state index < -0.39 is 0 Å². The zero-order valence-corrected chi connectivity index (χ0v) is 9.25. The molecule has 0 aliphatic rings. The summed E-state index contributed by atoms with van der Waals surface area (Å²) in [4.78, 5) is 12.7. The Morgan fingerprint density at radius 2 is 2.07 bits per heavy atom. The molecule has 2 heterocycles. The van der Waals surface area contributed by atoms with E-state index in [0.29, 0.717) is 5.25 Å². The van der Waals surface area contributed by atoms with Crippen LogP contribution in [0.15, 0.2) is 17.7 Å². The van der Waals surface area contributed by atoms with Crippen LogP contribution in [0.3, 0.4) is 0 Å². The Hall–Kier alpha value is -1.10. The number of nitrogens with zero attached hydrogens (tertiary/aromatic N) is 4. The van der Waals surface area contributed by atoms with Gasteiger partial charge in [0.1, 0.15) is 16.9 Å². The van der Waals surface area contributed by atoms with E-state index in [4.69, 9.17) is 0 Å². The lowest BCUT2D eigenvalue weighted by atomic mass is 10.5. The maximum absolute atomic E-state index is 4.29. The van der Waals surface area contributed by atoms with Gasteiger partial charge in [-0.25, -0.2) is 15.0 Å². The van der Waals surface area contributed by atoms with Crippen molar-refractivity contribution in [3.63, 3.8) is 0 Å². The molecule has 0 bridgehead atoms. The van der Waals surface area contributed by atoms with Gasteiger partial charge in [0.15, 0.2) is 5.65 Å². The third kappa shape index (κ3) is 1.59. The SMILES string of the molecule is CC(C)Sc1ncnc2c1ncn2C. The van der Waals surface area contributed by atoms with E-state index in [-0.39, 0.29) is 0 Å². The summed E-state index contributed by atoms with van der Waals surface area (Å²) in [5.41, 5.74) is 1.79. The Labute approximate surface area is 86.8 Å². The zero-order chi connectivity index (χ0) is 10.1. The van der Waals surface area contributed by atoms with E-state index in [1.165, 1.54) is 0 Å². The molecule has 0 fully saturated rings. The fourth-order valence-corrected chi connectivity index (χ4v) is 2.04. The highest BCUT2D eigenvalue weighted by molar-refractivity contribution is 8.00. The largest absolute Gasteiger partial charge is 0.318 e. The maximum atomic E-state index is 4.29. The van der Waals surface area contributed by atoms with Crippen LogP contribution in [0, 0.1) is 0 Å². The molecule has 0 aromatic carbocycles. The molecular weight excluding hydrogens is 196 g/mol. The fourth-order valence-electron chi connectivity index (χ4n) is 1.23. The first-order valence-corrected chi connectivity index (χ1v) is 5.35. The molecule has 14 heavy (non-hydrogen) atoms. The van der Waals surface area contributed by atoms with Crippen LogP contribution in [0.2, 0.25) is 0 Å². The van der Waals surface area contributed by atoms with Crippen molar-refractivity contribution < 1.29 is 0 Å². The molecule has 0 radical (unpaired) electrons. The molecule has 0 unspecified atom stereocenters. The topological polar surface area (TPSA) is 43.6 Å². The zero-order valence-electron chi connectivity index (χ0n) is 8.43. The van der Waals surface area contributed by atoms with Gasteiger partial charge >= 0.3 is 0 Å². The maximum Gasteiger partial charge on any atom is 0.164 e. The van der Waals surface area contributed by atoms with E-state index in [0.717, 1.165) is 16.2 Å². The van der Waals surface area contributed by atoms with Gasteiger partial charge in [-0.1, -0.05) is 13.8 Å². The highest BCUT2D eigenvalue weighted by Gasteiger charge is 2.09. The predicted molar refractivity (Wildman–Crippen MR) is 57.3 cm³/mol. The summed E-state index contributed by atoms with van der Waals surface area (Å²) in [7, 11) is 1.94. The second kappa shape index (κ2) is 3.57. The number of aromatic nitrogens is 4. The third-order valence-corrected chi connectivity index (χ3v) is 2.80. The molecule has 74 valence electrons. The van der Waals surface area contributed by atoms with E-state index in [2.05, 4.69) is 28.8 Å². The van der Waals surface area contributed by atoms with Crippen molar-refractivity contribution in [2.75, 3.05) is 0 Å². The van der Waals surface area contributed by atoms with Gasteiger partial charge in [0, 0.05) is 12.3 Å². The average Bonchev–Trinajstić information content (AvgIpc) is 2.49. The van der Waals surface area contributed by atoms with Crippen LogP contribution < -0.4 is 0 Å². The number of hydrogen-bond donors (Lipinski definition) is 0. The quantitative estimate of drug-likeness (QED) is 0.558. The third-order valence-electron chi connectivity index (χ3n) is 1.81. The minimum Gasteiger partial charge on any atom is -0.318 e. The van der Waals surface area contributed by atoms with Crippen LogP contribution in [-0.4, -0.2) is 24.8 Å². The number of hydrogen-bond acceptors (Lipinski definition) is 4. The lowest BCUT2D eigenvalue weighted by Crippen LogP contribution is -1.93. The number of aryl methyl sites for hydroxylation is 1. The molecule has 0 atom stereocenters. The van der Waals surface area contributed by atoms with Crippen molar-refractivity contribution >= 4 is 22.9 Å². The molecule has 2 rings (SSSR count). The number of imidazole rings is 1. The minimum absolute atomic E-state index is 0.509. The normalized spacial score (nSPS) is 11.4. The first-order valence-electron chi connectivity index (χ1n) is 4.47. The van der Waals surface area contributed by atoms with Crippen LogP contribution in [0.5, 0.6) is 0 Å². The van der Waals surface area contributed by atoms with Crippen molar-refractivity contribution in [2.24, 2.45) is 7.05 Å². The summed E-state index contributed by atoms with van der Waals surface area (Å²) in [5, 5.41) is 1.47. The minimum atomic E-state index is 0.509. The van der Waals surface area contributed by atoms with Crippen LogP contribution in [0.4, 0.5) is 0 Å². The molecule has 0 saturated heterocycles. The molecule has 0 aliphatic carbocycles. The van der Waals surface area contributed by atoms with E-state index in [1.807, 2.05) is 11.6 Å². The smallest absolute Gasteiger partial charge is 0.164 e.